The van der Waals surface area contributed by atoms with Crippen LogP contribution < -0.4 is 5.32 Å². The molecule has 0 bridgehead atoms. The van der Waals surface area contributed by atoms with E-state index in [-0.39, 0.29) is 5.91 Å². The molecule has 1 N–H and O–H groups in total. The molecule has 3 heterocycles. The highest BCUT2D eigenvalue weighted by molar-refractivity contribution is 7.17. The van der Waals surface area contributed by atoms with Gasteiger partial charge in [-0.1, -0.05) is 6.07 Å². The van der Waals surface area contributed by atoms with E-state index in [4.69, 9.17) is 0 Å². The number of hydrogen-bond donors (Lipinski definition) is 1. The van der Waals surface area contributed by atoms with Crippen molar-refractivity contribution in [3.8, 4) is 0 Å². The lowest BCUT2D eigenvalue weighted by Gasteiger charge is -2.01. The number of nitrogens with zero attached hydrogens (tertiary/aromatic N) is 3. The second-order valence-electron chi connectivity index (χ2n) is 4.99. The average molecular weight is 312 g/mol. The van der Waals surface area contributed by atoms with Crippen LogP contribution in [0.4, 0.5) is 0 Å². The summed E-state index contributed by atoms with van der Waals surface area (Å²) in [4.78, 5) is 22.6. The molecule has 0 radical (unpaired) electrons. The zero-order chi connectivity index (χ0) is 15.5. The highest BCUT2D eigenvalue weighted by Gasteiger charge is 2.08. The van der Waals surface area contributed by atoms with Crippen LogP contribution in [0.5, 0.6) is 0 Å². The Morgan fingerprint density at radius 2 is 2.32 bits per heavy atom. The monoisotopic (exact) mass is 312 g/mol. The number of carbonyl (C=O) groups excluding carboxylic acids is 1. The van der Waals surface area contributed by atoms with Gasteiger partial charge in [-0.3, -0.25) is 14.2 Å². The van der Waals surface area contributed by atoms with Gasteiger partial charge in [-0.05, 0) is 31.6 Å². The summed E-state index contributed by atoms with van der Waals surface area (Å²) in [5.41, 5.74) is 2.83. The number of carbonyl (C=O) groups is 1. The molecule has 3 aromatic rings. The Balaban J connectivity index is 1.69. The van der Waals surface area contributed by atoms with Crippen LogP contribution in [0.25, 0.3) is 11.0 Å². The first kappa shape index (κ1) is 14.5. The van der Waals surface area contributed by atoms with Gasteiger partial charge in [0.15, 0.2) is 4.96 Å². The third-order valence-electron chi connectivity index (χ3n) is 3.24. The van der Waals surface area contributed by atoms with E-state index in [2.05, 4.69) is 15.3 Å². The molecule has 3 aromatic heterocycles. The molecule has 0 spiro atoms. The largest absolute Gasteiger partial charge is 0.348 e. The van der Waals surface area contributed by atoms with Gasteiger partial charge in [0, 0.05) is 36.1 Å². The predicted octanol–water partition coefficient (Wildman–Crippen LogP) is 2.74. The topological polar surface area (TPSA) is 59.3 Å². The maximum Gasteiger partial charge on any atom is 0.244 e. The summed E-state index contributed by atoms with van der Waals surface area (Å²) >= 11 is 1.64. The lowest BCUT2D eigenvalue weighted by molar-refractivity contribution is -0.116. The molecule has 1 amide bonds. The number of amides is 1. The van der Waals surface area contributed by atoms with Crippen LogP contribution >= 0.6 is 11.3 Å². The summed E-state index contributed by atoms with van der Waals surface area (Å²) in [6.45, 7) is 4.46. The quantitative estimate of drug-likeness (QED) is 0.754. The molecule has 112 valence electrons. The molecule has 0 aliphatic rings. The highest BCUT2D eigenvalue weighted by Crippen LogP contribution is 2.21. The fourth-order valence-electron chi connectivity index (χ4n) is 2.19. The van der Waals surface area contributed by atoms with Gasteiger partial charge in [-0.25, -0.2) is 4.98 Å². The number of imidazole rings is 1. The van der Waals surface area contributed by atoms with Crippen molar-refractivity contribution in [1.29, 1.82) is 0 Å². The van der Waals surface area contributed by atoms with E-state index >= 15 is 0 Å². The minimum Gasteiger partial charge on any atom is -0.348 e. The van der Waals surface area contributed by atoms with Crippen LogP contribution in [-0.2, 0) is 11.3 Å². The maximum absolute atomic E-state index is 11.9. The van der Waals surface area contributed by atoms with Crippen molar-refractivity contribution in [2.75, 3.05) is 0 Å². The molecule has 0 saturated heterocycles. The Morgan fingerprint density at radius 3 is 3.09 bits per heavy atom. The number of rotatable bonds is 4. The van der Waals surface area contributed by atoms with Crippen molar-refractivity contribution >= 4 is 28.3 Å². The molecule has 0 atom stereocenters. The number of thiazole rings is 1. The van der Waals surface area contributed by atoms with Crippen LogP contribution in [0.1, 0.15) is 21.8 Å². The minimum absolute atomic E-state index is 0.134. The van der Waals surface area contributed by atoms with Crippen LogP contribution in [-0.4, -0.2) is 20.3 Å². The van der Waals surface area contributed by atoms with E-state index in [0.29, 0.717) is 6.54 Å². The first-order chi connectivity index (χ1) is 10.6. The van der Waals surface area contributed by atoms with Crippen LogP contribution in [0.3, 0.4) is 0 Å². The third kappa shape index (κ3) is 3.07. The van der Waals surface area contributed by atoms with Gasteiger partial charge in [0.2, 0.25) is 5.91 Å². The lowest BCUT2D eigenvalue weighted by Crippen LogP contribution is -2.20. The van der Waals surface area contributed by atoms with Crippen molar-refractivity contribution in [1.82, 2.24) is 19.7 Å². The average Bonchev–Trinajstić information content (AvgIpc) is 2.99. The third-order valence-corrected chi connectivity index (χ3v) is 4.14. The molecule has 0 unspecified atom stereocenters. The number of hydrogen-bond acceptors (Lipinski definition) is 4. The van der Waals surface area contributed by atoms with Gasteiger partial charge in [-0.2, -0.15) is 0 Å². The van der Waals surface area contributed by atoms with Crippen molar-refractivity contribution in [2.45, 2.75) is 20.4 Å². The number of pyridine rings is 1. The van der Waals surface area contributed by atoms with Crippen molar-refractivity contribution in [2.24, 2.45) is 0 Å². The first-order valence-corrected chi connectivity index (χ1v) is 7.75. The van der Waals surface area contributed by atoms with E-state index in [1.54, 1.807) is 35.9 Å². The van der Waals surface area contributed by atoms with Gasteiger partial charge in [0.05, 0.1) is 11.4 Å². The highest BCUT2D eigenvalue weighted by atomic mass is 32.1. The summed E-state index contributed by atoms with van der Waals surface area (Å²) in [5, 5.41) is 2.84. The van der Waals surface area contributed by atoms with Crippen LogP contribution in [0.2, 0.25) is 0 Å². The Kier molecular flexibility index (Phi) is 4.02. The van der Waals surface area contributed by atoms with E-state index in [0.717, 1.165) is 21.9 Å². The Hall–Kier alpha value is -2.47. The number of fused-ring (bicyclic) bond motifs is 1. The van der Waals surface area contributed by atoms with Gasteiger partial charge >= 0.3 is 0 Å². The van der Waals surface area contributed by atoms with E-state index in [9.17, 15) is 4.79 Å². The Morgan fingerprint density at radius 1 is 1.45 bits per heavy atom. The van der Waals surface area contributed by atoms with Gasteiger partial charge < -0.3 is 5.32 Å². The molecule has 0 aliphatic heterocycles. The van der Waals surface area contributed by atoms with E-state index < -0.39 is 0 Å². The SMILES string of the molecule is Cc1cn2c(/C=C/C(=O)NCc3cccnc3)c(C)nc2s1. The first-order valence-electron chi connectivity index (χ1n) is 6.93. The van der Waals surface area contributed by atoms with Crippen LogP contribution in [0, 0.1) is 13.8 Å². The number of nitrogens with one attached hydrogen (secondary N) is 1. The summed E-state index contributed by atoms with van der Waals surface area (Å²) in [6, 6.07) is 3.78. The molecule has 0 saturated carbocycles. The molecule has 5 nitrogen and oxygen atoms in total. The normalized spacial score (nSPS) is 11.4. The molecule has 3 rings (SSSR count). The molecule has 0 fully saturated rings. The van der Waals surface area contributed by atoms with E-state index in [1.165, 1.54) is 4.88 Å². The zero-order valence-electron chi connectivity index (χ0n) is 12.4. The second-order valence-corrected chi connectivity index (χ2v) is 6.20. The zero-order valence-corrected chi connectivity index (χ0v) is 13.2. The molecular formula is C16H16N4OS. The fraction of sp³-hybridized carbons (Fsp3) is 0.188. The Bertz CT molecular complexity index is 833. The fourth-order valence-corrected chi connectivity index (χ4v) is 3.07. The summed E-state index contributed by atoms with van der Waals surface area (Å²) in [6.07, 6.45) is 8.83. The van der Waals surface area contributed by atoms with Gasteiger partial charge in [0.1, 0.15) is 0 Å². The number of aromatic nitrogens is 3. The smallest absolute Gasteiger partial charge is 0.244 e. The molecular weight excluding hydrogens is 296 g/mol. The van der Waals surface area contributed by atoms with Gasteiger partial charge in [-0.15, -0.1) is 11.3 Å². The van der Waals surface area contributed by atoms with Crippen LogP contribution in [0.15, 0.2) is 36.8 Å². The predicted molar refractivity (Wildman–Crippen MR) is 87.7 cm³/mol. The number of aryl methyl sites for hydroxylation is 2. The standard InChI is InChI=1S/C16H16N4OS/c1-11-10-20-14(12(2)19-16(20)22-11)5-6-15(21)18-9-13-4-3-7-17-8-13/h3-8,10H,9H2,1-2H3,(H,18,21)/b6-5+. The molecule has 0 aliphatic carbocycles. The van der Waals surface area contributed by atoms with E-state index in [1.807, 2.05) is 36.6 Å². The van der Waals surface area contributed by atoms with Crippen molar-refractivity contribution in [3.63, 3.8) is 0 Å². The van der Waals surface area contributed by atoms with Crippen molar-refractivity contribution < 1.29 is 4.79 Å². The molecule has 0 aromatic carbocycles. The van der Waals surface area contributed by atoms with Crippen molar-refractivity contribution in [3.05, 3.63) is 58.6 Å². The molecule has 6 heteroatoms. The Labute approximate surface area is 132 Å². The maximum atomic E-state index is 11.9. The van der Waals surface area contributed by atoms with Gasteiger partial charge in [0.25, 0.3) is 0 Å². The minimum atomic E-state index is -0.134. The summed E-state index contributed by atoms with van der Waals surface area (Å²) in [7, 11) is 0. The summed E-state index contributed by atoms with van der Waals surface area (Å²) in [5.74, 6) is -0.134. The summed E-state index contributed by atoms with van der Waals surface area (Å²) < 4.78 is 2.01. The molecule has 22 heavy (non-hydrogen) atoms. The second kappa shape index (κ2) is 6.11. The lowest BCUT2D eigenvalue weighted by atomic mass is 10.3.